The summed E-state index contributed by atoms with van der Waals surface area (Å²) in [6.07, 6.45) is 2.22. The molecule has 1 saturated heterocycles. The summed E-state index contributed by atoms with van der Waals surface area (Å²) >= 11 is 0. The normalized spacial score (nSPS) is 31.8. The number of carbonyl (C=O) groups excluding carboxylic acids is 2. The molecule has 2 aliphatic rings. The Balaban J connectivity index is 2.00. The van der Waals surface area contributed by atoms with Gasteiger partial charge in [0.2, 0.25) is 11.8 Å². The molecule has 2 fully saturated rings. The summed E-state index contributed by atoms with van der Waals surface area (Å²) < 4.78 is 0. The van der Waals surface area contributed by atoms with Gasteiger partial charge in [0.1, 0.15) is 0 Å². The highest BCUT2D eigenvalue weighted by Gasteiger charge is 2.38. The average molecular weight is 154 g/mol. The summed E-state index contributed by atoms with van der Waals surface area (Å²) in [5, 5.41) is 5.23. The highest BCUT2D eigenvalue weighted by molar-refractivity contribution is 6.01. The van der Waals surface area contributed by atoms with E-state index in [-0.39, 0.29) is 24.4 Å². The van der Waals surface area contributed by atoms with Gasteiger partial charge in [-0.05, 0) is 18.8 Å². The van der Waals surface area contributed by atoms with Gasteiger partial charge < -0.3 is 0 Å². The van der Waals surface area contributed by atoms with Crippen molar-refractivity contribution in [2.45, 2.75) is 18.9 Å². The lowest BCUT2D eigenvalue weighted by Gasteiger charge is -2.21. The molecule has 0 bridgehead atoms. The van der Waals surface area contributed by atoms with E-state index in [0.717, 1.165) is 12.8 Å². The van der Waals surface area contributed by atoms with E-state index in [4.69, 9.17) is 0 Å². The number of imide groups is 1. The van der Waals surface area contributed by atoms with E-state index in [9.17, 15) is 9.59 Å². The number of carbonyl (C=O) groups is 2. The molecule has 1 aliphatic heterocycles. The SMILES string of the molecule is O=C1CNC(C2CC2)C(=O)N1. The summed E-state index contributed by atoms with van der Waals surface area (Å²) in [5.41, 5.74) is 0. The minimum Gasteiger partial charge on any atom is -0.297 e. The number of rotatable bonds is 1. The van der Waals surface area contributed by atoms with Crippen LogP contribution >= 0.6 is 0 Å². The number of piperazine rings is 1. The maximum absolute atomic E-state index is 11.1. The van der Waals surface area contributed by atoms with Crippen LogP contribution in [0.1, 0.15) is 12.8 Å². The van der Waals surface area contributed by atoms with Crippen LogP contribution in [0.4, 0.5) is 0 Å². The van der Waals surface area contributed by atoms with Crippen molar-refractivity contribution in [3.8, 4) is 0 Å². The van der Waals surface area contributed by atoms with Gasteiger partial charge in [0.05, 0.1) is 12.6 Å². The predicted octanol–water partition coefficient (Wildman–Crippen LogP) is -0.989. The molecule has 2 amide bonds. The molecule has 1 aliphatic carbocycles. The third kappa shape index (κ3) is 1.26. The van der Waals surface area contributed by atoms with Gasteiger partial charge in [0.25, 0.3) is 0 Å². The third-order valence-corrected chi connectivity index (χ3v) is 2.12. The van der Waals surface area contributed by atoms with E-state index in [0.29, 0.717) is 5.92 Å². The predicted molar refractivity (Wildman–Crippen MR) is 37.7 cm³/mol. The van der Waals surface area contributed by atoms with Crippen LogP contribution in [-0.2, 0) is 9.59 Å². The lowest BCUT2D eigenvalue weighted by atomic mass is 10.1. The van der Waals surface area contributed by atoms with Gasteiger partial charge in [-0.3, -0.25) is 20.2 Å². The summed E-state index contributed by atoms with van der Waals surface area (Å²) in [4.78, 5) is 21.8. The van der Waals surface area contributed by atoms with E-state index < -0.39 is 0 Å². The van der Waals surface area contributed by atoms with Crippen LogP contribution in [0, 0.1) is 5.92 Å². The second-order valence-corrected chi connectivity index (χ2v) is 3.11. The number of amides is 2. The maximum atomic E-state index is 11.1. The first-order valence-corrected chi connectivity index (χ1v) is 3.84. The van der Waals surface area contributed by atoms with E-state index in [1.165, 1.54) is 0 Å². The fourth-order valence-electron chi connectivity index (χ4n) is 1.37. The molecule has 0 spiro atoms. The lowest BCUT2D eigenvalue weighted by Crippen LogP contribution is -2.56. The number of nitrogens with one attached hydrogen (secondary N) is 2. The highest BCUT2D eigenvalue weighted by atomic mass is 16.2. The van der Waals surface area contributed by atoms with Crippen LogP contribution in [0.25, 0.3) is 0 Å². The Kier molecular flexibility index (Phi) is 1.42. The zero-order valence-corrected chi connectivity index (χ0v) is 6.09. The fourth-order valence-corrected chi connectivity index (χ4v) is 1.37. The maximum Gasteiger partial charge on any atom is 0.244 e. The van der Waals surface area contributed by atoms with Gasteiger partial charge in [-0.25, -0.2) is 0 Å². The number of hydrogen-bond donors (Lipinski definition) is 2. The molecule has 11 heavy (non-hydrogen) atoms. The Labute approximate surface area is 64.3 Å². The minimum atomic E-state index is -0.216. The Hall–Kier alpha value is -0.900. The van der Waals surface area contributed by atoms with Crippen molar-refractivity contribution in [3.63, 3.8) is 0 Å². The van der Waals surface area contributed by atoms with E-state index in [2.05, 4.69) is 10.6 Å². The summed E-state index contributed by atoms with van der Waals surface area (Å²) in [6.45, 7) is 0.285. The van der Waals surface area contributed by atoms with Crippen molar-refractivity contribution in [1.82, 2.24) is 10.6 Å². The molecule has 1 atom stereocenters. The van der Waals surface area contributed by atoms with Crippen LogP contribution in [0.2, 0.25) is 0 Å². The molecule has 0 aromatic rings. The van der Waals surface area contributed by atoms with E-state index in [1.807, 2.05) is 0 Å². The van der Waals surface area contributed by atoms with E-state index >= 15 is 0 Å². The second-order valence-electron chi connectivity index (χ2n) is 3.11. The molecule has 0 aromatic heterocycles. The van der Waals surface area contributed by atoms with Crippen LogP contribution in [0.5, 0.6) is 0 Å². The van der Waals surface area contributed by atoms with Crippen molar-refractivity contribution in [2.24, 2.45) is 5.92 Å². The summed E-state index contributed by atoms with van der Waals surface area (Å²) in [7, 11) is 0. The van der Waals surface area contributed by atoms with Crippen molar-refractivity contribution in [3.05, 3.63) is 0 Å². The molecule has 2 N–H and O–H groups in total. The molecule has 0 aromatic carbocycles. The van der Waals surface area contributed by atoms with Crippen molar-refractivity contribution >= 4 is 11.8 Å². The minimum absolute atomic E-state index is 0.104. The largest absolute Gasteiger partial charge is 0.297 e. The van der Waals surface area contributed by atoms with Crippen LogP contribution in [0.3, 0.4) is 0 Å². The summed E-state index contributed by atoms with van der Waals surface area (Å²) in [6, 6.07) is -0.104. The molecule has 4 heteroatoms. The molecular formula is C7H10N2O2. The average Bonchev–Trinajstić information content (AvgIpc) is 2.70. The van der Waals surface area contributed by atoms with Gasteiger partial charge in [-0.15, -0.1) is 0 Å². The first-order valence-electron chi connectivity index (χ1n) is 3.84. The van der Waals surface area contributed by atoms with Gasteiger partial charge in [0, 0.05) is 0 Å². The smallest absolute Gasteiger partial charge is 0.244 e. The van der Waals surface area contributed by atoms with Gasteiger partial charge >= 0.3 is 0 Å². The Morgan fingerprint density at radius 1 is 1.27 bits per heavy atom. The molecule has 4 nitrogen and oxygen atoms in total. The molecule has 2 rings (SSSR count). The van der Waals surface area contributed by atoms with Crippen molar-refractivity contribution in [1.29, 1.82) is 0 Å². The molecule has 1 unspecified atom stereocenters. The summed E-state index contributed by atoms with van der Waals surface area (Å²) in [5.74, 6) is 0.110. The van der Waals surface area contributed by atoms with Gasteiger partial charge in [-0.2, -0.15) is 0 Å². The van der Waals surface area contributed by atoms with Crippen LogP contribution in [0.15, 0.2) is 0 Å². The third-order valence-electron chi connectivity index (χ3n) is 2.12. The standard InChI is InChI=1S/C7H10N2O2/c10-5-3-8-6(4-1-2-4)7(11)9-5/h4,6,8H,1-3H2,(H,9,10,11). The zero-order chi connectivity index (χ0) is 7.84. The first-order chi connectivity index (χ1) is 5.27. The molecule has 1 heterocycles. The molecule has 60 valence electrons. The zero-order valence-electron chi connectivity index (χ0n) is 6.09. The monoisotopic (exact) mass is 154 g/mol. The van der Waals surface area contributed by atoms with Crippen LogP contribution in [-0.4, -0.2) is 24.4 Å². The van der Waals surface area contributed by atoms with Crippen molar-refractivity contribution < 1.29 is 9.59 Å². The molecular weight excluding hydrogens is 144 g/mol. The second kappa shape index (κ2) is 2.30. The Morgan fingerprint density at radius 2 is 2.00 bits per heavy atom. The number of hydrogen-bond acceptors (Lipinski definition) is 3. The van der Waals surface area contributed by atoms with E-state index in [1.54, 1.807) is 0 Å². The topological polar surface area (TPSA) is 58.2 Å². The molecule has 1 saturated carbocycles. The quantitative estimate of drug-likeness (QED) is 0.477. The lowest BCUT2D eigenvalue weighted by molar-refractivity contribution is -0.134. The van der Waals surface area contributed by atoms with Gasteiger partial charge in [0.15, 0.2) is 0 Å². The van der Waals surface area contributed by atoms with Gasteiger partial charge in [-0.1, -0.05) is 0 Å². The highest BCUT2D eigenvalue weighted by Crippen LogP contribution is 2.33. The molecule has 0 radical (unpaired) electrons. The Morgan fingerprint density at radius 3 is 2.55 bits per heavy atom. The Bertz CT molecular complexity index is 210. The van der Waals surface area contributed by atoms with Crippen molar-refractivity contribution in [2.75, 3.05) is 6.54 Å². The first kappa shape index (κ1) is 6.79. The fraction of sp³-hybridized carbons (Fsp3) is 0.714. The van der Waals surface area contributed by atoms with Crippen LogP contribution < -0.4 is 10.6 Å².